The van der Waals surface area contributed by atoms with Gasteiger partial charge in [-0.25, -0.2) is 0 Å². The maximum absolute atomic E-state index is 13.5. The Bertz CT molecular complexity index is 680. The number of benzene rings is 2. The van der Waals surface area contributed by atoms with E-state index in [1.165, 1.54) is 7.14 Å². The van der Waals surface area contributed by atoms with Crippen LogP contribution in [0.2, 0.25) is 0 Å². The summed E-state index contributed by atoms with van der Waals surface area (Å²) in [4.78, 5) is 0. The van der Waals surface area contributed by atoms with Crippen LogP contribution in [-0.2, 0) is 4.74 Å². The number of fused-ring (bicyclic) bond motifs is 3. The van der Waals surface area contributed by atoms with Crippen molar-refractivity contribution in [3.05, 3.63) is 49.4 Å². The molecule has 4 rings (SSSR count). The van der Waals surface area contributed by atoms with E-state index in [9.17, 15) is 4.39 Å². The summed E-state index contributed by atoms with van der Waals surface area (Å²) in [5.41, 5.74) is 2.17. The molecule has 4 heteroatoms. The summed E-state index contributed by atoms with van der Waals surface area (Å²) in [5, 5.41) is 0. The van der Waals surface area contributed by atoms with Crippen molar-refractivity contribution in [2.45, 2.75) is 25.6 Å². The van der Waals surface area contributed by atoms with E-state index >= 15 is 0 Å². The molecule has 21 heavy (non-hydrogen) atoms. The van der Waals surface area contributed by atoms with Crippen LogP contribution in [0.25, 0.3) is 11.1 Å². The van der Waals surface area contributed by atoms with E-state index < -0.39 is 0 Å². The molecule has 2 aliphatic rings. The third kappa shape index (κ3) is 2.66. The molecule has 0 aliphatic carbocycles. The topological polar surface area (TPSA) is 18.5 Å². The molecule has 0 amide bonds. The summed E-state index contributed by atoms with van der Waals surface area (Å²) >= 11 is -0.197. The second kappa shape index (κ2) is 5.57. The van der Waals surface area contributed by atoms with Crippen LogP contribution in [0.3, 0.4) is 0 Å². The Kier molecular flexibility index (Phi) is 3.59. The molecular formula is C17H15FIO2-. The van der Waals surface area contributed by atoms with Gasteiger partial charge in [0.05, 0.1) is 0 Å². The Balaban J connectivity index is 1.64. The first-order valence-corrected chi connectivity index (χ1v) is 9.32. The van der Waals surface area contributed by atoms with Gasteiger partial charge in [-0.3, -0.25) is 0 Å². The quantitative estimate of drug-likeness (QED) is 0.597. The van der Waals surface area contributed by atoms with Crippen LogP contribution in [-0.4, -0.2) is 12.9 Å². The van der Waals surface area contributed by atoms with Gasteiger partial charge in [0.2, 0.25) is 0 Å². The second-order valence-corrected chi connectivity index (χ2v) is 8.14. The minimum absolute atomic E-state index is 0.139. The molecule has 110 valence electrons. The number of halogens is 2. The molecule has 0 aromatic heterocycles. The first kappa shape index (κ1) is 13.5. The molecule has 2 nitrogen and oxygen atoms in total. The van der Waals surface area contributed by atoms with Crippen LogP contribution < -0.4 is 25.9 Å². The summed E-state index contributed by atoms with van der Waals surface area (Å²) in [6, 6.07) is 11.3. The molecule has 2 heterocycles. The predicted octanol–water partition coefficient (Wildman–Crippen LogP) is 0.840. The molecule has 1 saturated heterocycles. The Morgan fingerprint density at radius 2 is 1.86 bits per heavy atom. The SMILES string of the molecule is Fc1ccc2c(c1)-c1cc(OC3CCCCO3)ccc1[I-]2. The zero-order valence-electron chi connectivity index (χ0n) is 11.4. The van der Waals surface area contributed by atoms with Crippen LogP contribution in [0.4, 0.5) is 4.39 Å². The maximum atomic E-state index is 13.5. The van der Waals surface area contributed by atoms with Gasteiger partial charge in [-0.15, -0.1) is 0 Å². The average Bonchev–Trinajstić information content (AvgIpc) is 2.86. The molecular weight excluding hydrogens is 382 g/mol. The van der Waals surface area contributed by atoms with Crippen LogP contribution in [0, 0.1) is 13.0 Å². The first-order valence-electron chi connectivity index (χ1n) is 7.17. The molecule has 0 saturated carbocycles. The van der Waals surface area contributed by atoms with Gasteiger partial charge in [-0.1, -0.05) is 0 Å². The molecule has 1 fully saturated rings. The molecule has 0 N–H and O–H groups in total. The van der Waals surface area contributed by atoms with Crippen LogP contribution in [0.15, 0.2) is 36.4 Å². The minimum atomic E-state index is -0.197. The molecule has 0 radical (unpaired) electrons. The summed E-state index contributed by atoms with van der Waals surface area (Å²) in [6.45, 7) is 0.773. The van der Waals surface area contributed by atoms with Gasteiger partial charge in [0.25, 0.3) is 0 Å². The Labute approximate surface area is 133 Å². The van der Waals surface area contributed by atoms with Gasteiger partial charge < -0.3 is 0 Å². The van der Waals surface area contributed by atoms with E-state index in [1.54, 1.807) is 12.1 Å². The van der Waals surface area contributed by atoms with Crippen LogP contribution in [0.5, 0.6) is 5.75 Å². The van der Waals surface area contributed by atoms with E-state index in [0.29, 0.717) is 0 Å². The van der Waals surface area contributed by atoms with Gasteiger partial charge in [-0.2, -0.15) is 0 Å². The number of rotatable bonds is 2. The Morgan fingerprint density at radius 3 is 2.67 bits per heavy atom. The fourth-order valence-corrected chi connectivity index (χ4v) is 5.54. The van der Waals surface area contributed by atoms with Crippen LogP contribution in [0.1, 0.15) is 19.3 Å². The van der Waals surface area contributed by atoms with Crippen molar-refractivity contribution in [3.8, 4) is 16.9 Å². The van der Waals surface area contributed by atoms with Crippen molar-refractivity contribution in [2.24, 2.45) is 0 Å². The van der Waals surface area contributed by atoms with Gasteiger partial charge in [0.1, 0.15) is 0 Å². The number of hydrogen-bond donors (Lipinski definition) is 0. The van der Waals surface area contributed by atoms with Crippen molar-refractivity contribution >= 4 is 0 Å². The van der Waals surface area contributed by atoms with Crippen molar-refractivity contribution in [1.82, 2.24) is 0 Å². The standard InChI is InChI=1S/C17H15FIO2/c18-11-4-6-15-13(9-11)14-10-12(5-7-16(14)19-15)21-17-3-1-2-8-20-17/h4-7,9-10,17H,1-3,8H2/q-1. The van der Waals surface area contributed by atoms with Crippen molar-refractivity contribution < 1.29 is 35.1 Å². The van der Waals surface area contributed by atoms with Crippen molar-refractivity contribution in [2.75, 3.05) is 6.61 Å². The third-order valence-corrected chi connectivity index (χ3v) is 6.81. The van der Waals surface area contributed by atoms with Gasteiger partial charge in [0.15, 0.2) is 0 Å². The zero-order valence-corrected chi connectivity index (χ0v) is 13.6. The van der Waals surface area contributed by atoms with Gasteiger partial charge in [0, 0.05) is 0 Å². The second-order valence-electron chi connectivity index (χ2n) is 5.27. The van der Waals surface area contributed by atoms with Gasteiger partial charge in [-0.05, 0) is 0 Å². The molecule has 1 unspecified atom stereocenters. The molecule has 0 bridgehead atoms. The third-order valence-electron chi connectivity index (χ3n) is 3.77. The number of ether oxygens (including phenoxy) is 2. The first-order chi connectivity index (χ1) is 10.3. The fourth-order valence-electron chi connectivity index (χ4n) is 2.72. The zero-order chi connectivity index (χ0) is 14.2. The summed E-state index contributed by atoms with van der Waals surface area (Å²) in [7, 11) is 0. The summed E-state index contributed by atoms with van der Waals surface area (Å²) in [5.74, 6) is 0.648. The Morgan fingerprint density at radius 1 is 1.05 bits per heavy atom. The van der Waals surface area contributed by atoms with E-state index in [2.05, 4.69) is 6.07 Å². The van der Waals surface area contributed by atoms with E-state index in [4.69, 9.17) is 9.47 Å². The molecule has 2 aromatic rings. The van der Waals surface area contributed by atoms with Crippen molar-refractivity contribution in [3.63, 3.8) is 0 Å². The molecule has 0 spiro atoms. The normalized spacial score (nSPS) is 20.3. The van der Waals surface area contributed by atoms with Gasteiger partial charge >= 0.3 is 133 Å². The monoisotopic (exact) mass is 397 g/mol. The van der Waals surface area contributed by atoms with E-state index in [1.807, 2.05) is 18.2 Å². The van der Waals surface area contributed by atoms with Crippen LogP contribution >= 0.6 is 0 Å². The fraction of sp³-hybridized carbons (Fsp3) is 0.294. The van der Waals surface area contributed by atoms with E-state index in [-0.39, 0.29) is 33.3 Å². The molecule has 2 aromatic carbocycles. The summed E-state index contributed by atoms with van der Waals surface area (Å²) < 4.78 is 27.7. The molecule has 2 aliphatic heterocycles. The molecule has 1 atom stereocenters. The average molecular weight is 397 g/mol. The van der Waals surface area contributed by atoms with Crippen molar-refractivity contribution in [1.29, 1.82) is 0 Å². The number of hydrogen-bond acceptors (Lipinski definition) is 2. The van der Waals surface area contributed by atoms with E-state index in [0.717, 1.165) is 42.7 Å². The predicted molar refractivity (Wildman–Crippen MR) is 73.4 cm³/mol. The summed E-state index contributed by atoms with van der Waals surface area (Å²) in [6.07, 6.45) is 3.06. The Hall–Kier alpha value is -1.14.